The molecule has 1 aromatic rings. The molecule has 2 rings (SSSR count). The number of ether oxygens (including phenoxy) is 1. The Morgan fingerprint density at radius 2 is 1.76 bits per heavy atom. The summed E-state index contributed by atoms with van der Waals surface area (Å²) in [4.78, 5) is 13.6. The van der Waals surface area contributed by atoms with Crippen molar-refractivity contribution in [1.29, 1.82) is 0 Å². The average Bonchev–Trinajstić information content (AvgIpc) is 2.52. The highest BCUT2D eigenvalue weighted by Crippen LogP contribution is 2.39. The van der Waals surface area contributed by atoms with Crippen LogP contribution in [0.1, 0.15) is 50.8 Å². The zero-order valence-corrected chi connectivity index (χ0v) is 14.6. The number of rotatable bonds is 2. The van der Waals surface area contributed by atoms with Crippen LogP contribution >= 0.6 is 0 Å². The molecule has 0 saturated carbocycles. The van der Waals surface area contributed by atoms with Crippen molar-refractivity contribution < 1.29 is 27.8 Å². The van der Waals surface area contributed by atoms with Gasteiger partial charge in [-0.05, 0) is 51.2 Å². The van der Waals surface area contributed by atoms with Crippen molar-refractivity contribution >= 4 is 6.09 Å². The number of aliphatic hydroxyl groups is 1. The maximum absolute atomic E-state index is 13.1. The number of halogens is 3. The van der Waals surface area contributed by atoms with E-state index in [2.05, 4.69) is 0 Å². The first-order valence-corrected chi connectivity index (χ1v) is 8.31. The molecule has 0 radical (unpaired) electrons. The maximum Gasteiger partial charge on any atom is 0.416 e. The molecule has 1 heterocycles. The first-order chi connectivity index (χ1) is 11.5. The predicted molar refractivity (Wildman–Crippen MR) is 86.9 cm³/mol. The fraction of sp³-hybridized carbons (Fsp3) is 0.611. The van der Waals surface area contributed by atoms with Crippen LogP contribution in [0.2, 0.25) is 0 Å². The molecular weight excluding hydrogens is 335 g/mol. The van der Waals surface area contributed by atoms with Crippen LogP contribution < -0.4 is 0 Å². The summed E-state index contributed by atoms with van der Waals surface area (Å²) >= 11 is 0. The molecule has 1 aliphatic rings. The van der Waals surface area contributed by atoms with Crippen molar-refractivity contribution in [2.75, 3.05) is 13.1 Å². The minimum Gasteiger partial charge on any atom is -0.444 e. The van der Waals surface area contributed by atoms with Gasteiger partial charge in [-0.3, -0.25) is 0 Å². The van der Waals surface area contributed by atoms with E-state index >= 15 is 0 Å². The van der Waals surface area contributed by atoms with Crippen LogP contribution in [0.3, 0.4) is 0 Å². The lowest BCUT2D eigenvalue weighted by molar-refractivity contribution is -0.139. The van der Waals surface area contributed by atoms with E-state index in [9.17, 15) is 23.1 Å². The van der Waals surface area contributed by atoms with Gasteiger partial charge in [0.05, 0.1) is 11.7 Å². The molecule has 7 heteroatoms. The number of piperidine rings is 1. The van der Waals surface area contributed by atoms with Crippen LogP contribution in [0.15, 0.2) is 24.3 Å². The largest absolute Gasteiger partial charge is 0.444 e. The lowest BCUT2D eigenvalue weighted by Gasteiger charge is -2.35. The van der Waals surface area contributed by atoms with E-state index < -0.39 is 29.5 Å². The Labute approximate surface area is 145 Å². The van der Waals surface area contributed by atoms with E-state index in [1.807, 2.05) is 0 Å². The Balaban J connectivity index is 2.03. The Kier molecular flexibility index (Phi) is 5.66. The molecule has 0 aliphatic carbocycles. The van der Waals surface area contributed by atoms with Gasteiger partial charge in [-0.15, -0.1) is 0 Å². The number of hydrogen-bond acceptors (Lipinski definition) is 3. The van der Waals surface area contributed by atoms with Gasteiger partial charge in [-0.1, -0.05) is 18.2 Å². The zero-order valence-electron chi connectivity index (χ0n) is 14.6. The number of aliphatic hydroxyl groups excluding tert-OH is 1. The fourth-order valence-electron chi connectivity index (χ4n) is 2.99. The molecule has 1 amide bonds. The lowest BCUT2D eigenvalue weighted by atomic mass is 9.85. The van der Waals surface area contributed by atoms with Gasteiger partial charge in [0.2, 0.25) is 0 Å². The molecule has 25 heavy (non-hydrogen) atoms. The summed E-state index contributed by atoms with van der Waals surface area (Å²) in [7, 11) is 0. The highest BCUT2D eigenvalue weighted by Gasteiger charge is 2.37. The summed E-state index contributed by atoms with van der Waals surface area (Å²) < 4.78 is 44.7. The summed E-state index contributed by atoms with van der Waals surface area (Å²) in [6, 6.07) is 5.09. The molecule has 140 valence electrons. The number of amides is 1. The number of alkyl halides is 3. The van der Waals surface area contributed by atoms with Crippen molar-refractivity contribution in [3.63, 3.8) is 0 Å². The molecule has 0 spiro atoms. The minimum absolute atomic E-state index is 0.106. The van der Waals surface area contributed by atoms with E-state index in [4.69, 9.17) is 4.74 Å². The molecule has 1 atom stereocenters. The van der Waals surface area contributed by atoms with E-state index in [-0.39, 0.29) is 11.5 Å². The topological polar surface area (TPSA) is 49.8 Å². The monoisotopic (exact) mass is 359 g/mol. The van der Waals surface area contributed by atoms with Gasteiger partial charge in [0.25, 0.3) is 0 Å². The van der Waals surface area contributed by atoms with E-state index in [1.165, 1.54) is 23.1 Å². The molecule has 1 aromatic carbocycles. The van der Waals surface area contributed by atoms with E-state index in [0.717, 1.165) is 6.07 Å². The van der Waals surface area contributed by atoms with Crippen molar-refractivity contribution in [3.05, 3.63) is 35.4 Å². The fourth-order valence-corrected chi connectivity index (χ4v) is 2.99. The number of nitrogens with zero attached hydrogens (tertiary/aromatic N) is 1. The van der Waals surface area contributed by atoms with Crippen LogP contribution in [-0.2, 0) is 10.9 Å². The van der Waals surface area contributed by atoms with Gasteiger partial charge in [0, 0.05) is 13.1 Å². The zero-order chi connectivity index (χ0) is 18.8. The van der Waals surface area contributed by atoms with Crippen molar-refractivity contribution in [3.8, 4) is 0 Å². The number of carbonyl (C=O) groups excluding carboxylic acids is 1. The van der Waals surface area contributed by atoms with Crippen molar-refractivity contribution in [1.82, 2.24) is 4.90 Å². The number of benzene rings is 1. The molecule has 0 bridgehead atoms. The molecule has 1 fully saturated rings. The third-order valence-electron chi connectivity index (χ3n) is 4.22. The summed E-state index contributed by atoms with van der Waals surface area (Å²) in [5, 5.41) is 10.5. The molecule has 0 aromatic heterocycles. The Hall–Kier alpha value is -1.76. The van der Waals surface area contributed by atoms with Crippen LogP contribution in [-0.4, -0.2) is 34.8 Å². The first-order valence-electron chi connectivity index (χ1n) is 8.31. The SMILES string of the molecule is CC(C)(C)OC(=O)N1CCC(C(O)c2ccccc2C(F)(F)F)CC1. The Morgan fingerprint density at radius 1 is 1.20 bits per heavy atom. The molecule has 1 saturated heterocycles. The average molecular weight is 359 g/mol. The highest BCUT2D eigenvalue weighted by atomic mass is 19.4. The summed E-state index contributed by atoms with van der Waals surface area (Å²) in [5.74, 6) is -0.331. The van der Waals surface area contributed by atoms with Crippen molar-refractivity contribution in [2.45, 2.75) is 51.5 Å². The predicted octanol–water partition coefficient (Wildman–Crippen LogP) is 4.39. The van der Waals surface area contributed by atoms with Gasteiger partial charge in [-0.2, -0.15) is 13.2 Å². The third-order valence-corrected chi connectivity index (χ3v) is 4.22. The standard InChI is InChI=1S/C18H24F3NO3/c1-17(2,3)25-16(24)22-10-8-12(9-11-22)15(23)13-6-4-5-7-14(13)18(19,20)21/h4-7,12,15,23H,8-11H2,1-3H3. The van der Waals surface area contributed by atoms with E-state index in [1.54, 1.807) is 20.8 Å². The lowest BCUT2D eigenvalue weighted by Crippen LogP contribution is -2.42. The molecule has 4 nitrogen and oxygen atoms in total. The molecule has 1 N–H and O–H groups in total. The summed E-state index contributed by atoms with van der Waals surface area (Å²) in [6.45, 7) is 6.02. The van der Waals surface area contributed by atoms with Crippen LogP contribution in [0, 0.1) is 5.92 Å². The van der Waals surface area contributed by atoms with Gasteiger partial charge < -0.3 is 14.7 Å². The van der Waals surface area contributed by atoms with Crippen molar-refractivity contribution in [2.24, 2.45) is 5.92 Å². The van der Waals surface area contributed by atoms with Crippen LogP contribution in [0.25, 0.3) is 0 Å². The van der Waals surface area contributed by atoms with E-state index in [0.29, 0.717) is 25.9 Å². The second-order valence-electron chi connectivity index (χ2n) is 7.33. The van der Waals surface area contributed by atoms with Gasteiger partial charge >= 0.3 is 12.3 Å². The number of likely N-dealkylation sites (tertiary alicyclic amines) is 1. The van der Waals surface area contributed by atoms with Gasteiger partial charge in [0.1, 0.15) is 5.60 Å². The first kappa shape index (κ1) is 19.6. The third kappa shape index (κ3) is 5.11. The normalized spacial score (nSPS) is 18.1. The molecular formula is C18H24F3NO3. The summed E-state index contributed by atoms with van der Waals surface area (Å²) in [6.07, 6.45) is -5.30. The second kappa shape index (κ2) is 7.23. The maximum atomic E-state index is 13.1. The van der Waals surface area contributed by atoms with Gasteiger partial charge in [0.15, 0.2) is 0 Å². The number of carbonyl (C=O) groups is 1. The van der Waals surface area contributed by atoms with Crippen LogP contribution in [0.4, 0.5) is 18.0 Å². The second-order valence-corrected chi connectivity index (χ2v) is 7.33. The quantitative estimate of drug-likeness (QED) is 0.852. The number of hydrogen-bond donors (Lipinski definition) is 1. The smallest absolute Gasteiger partial charge is 0.416 e. The molecule has 1 aliphatic heterocycles. The van der Waals surface area contributed by atoms with Gasteiger partial charge in [-0.25, -0.2) is 4.79 Å². The Morgan fingerprint density at radius 3 is 2.28 bits per heavy atom. The highest BCUT2D eigenvalue weighted by molar-refractivity contribution is 5.68. The summed E-state index contributed by atoms with van der Waals surface area (Å²) in [5.41, 5.74) is -1.51. The molecule has 1 unspecified atom stereocenters. The van der Waals surface area contributed by atoms with Crippen LogP contribution in [0.5, 0.6) is 0 Å². The minimum atomic E-state index is -4.51. The Bertz CT molecular complexity index is 602.